The summed E-state index contributed by atoms with van der Waals surface area (Å²) in [6.07, 6.45) is 4.40. The van der Waals surface area contributed by atoms with Gasteiger partial charge in [-0.2, -0.15) is 0 Å². The predicted octanol–water partition coefficient (Wildman–Crippen LogP) is 2.51. The van der Waals surface area contributed by atoms with Crippen molar-refractivity contribution >= 4 is 5.91 Å². The lowest BCUT2D eigenvalue weighted by Gasteiger charge is -2.31. The van der Waals surface area contributed by atoms with Gasteiger partial charge in [0, 0.05) is 26.1 Å². The summed E-state index contributed by atoms with van der Waals surface area (Å²) in [6.45, 7) is 1.76. The van der Waals surface area contributed by atoms with E-state index in [-0.39, 0.29) is 5.91 Å². The number of ether oxygens (including phenoxy) is 2. The number of amides is 1. The van der Waals surface area contributed by atoms with E-state index in [1.54, 1.807) is 14.2 Å². The molecule has 1 aromatic carbocycles. The van der Waals surface area contributed by atoms with Gasteiger partial charge in [-0.05, 0) is 36.5 Å². The molecule has 0 unspecified atom stereocenters. The van der Waals surface area contributed by atoms with Crippen LogP contribution in [0.25, 0.3) is 0 Å². The summed E-state index contributed by atoms with van der Waals surface area (Å²) in [4.78, 5) is 14.6. The average Bonchev–Trinajstić information content (AvgIpc) is 2.99. The number of likely N-dealkylation sites (tertiary alicyclic amines) is 1. The maximum atomic E-state index is 12.6. The number of carbonyl (C=O) groups is 1. The summed E-state index contributed by atoms with van der Waals surface area (Å²) >= 11 is 0. The number of carbonyl (C=O) groups excluding carboxylic acids is 1. The Morgan fingerprint density at radius 1 is 1.18 bits per heavy atom. The van der Waals surface area contributed by atoms with Gasteiger partial charge >= 0.3 is 0 Å². The van der Waals surface area contributed by atoms with Gasteiger partial charge in [-0.1, -0.05) is 18.6 Å². The van der Waals surface area contributed by atoms with Gasteiger partial charge in [0.1, 0.15) is 5.75 Å². The lowest BCUT2D eigenvalue weighted by molar-refractivity contribution is -0.129. The van der Waals surface area contributed by atoms with Gasteiger partial charge in [0.25, 0.3) is 0 Å². The summed E-state index contributed by atoms with van der Waals surface area (Å²) in [5.74, 6) is 2.21. The second-order valence-electron chi connectivity index (χ2n) is 6.45. The molecule has 22 heavy (non-hydrogen) atoms. The first-order valence-corrected chi connectivity index (χ1v) is 8.14. The zero-order chi connectivity index (χ0) is 15.5. The van der Waals surface area contributed by atoms with Crippen molar-refractivity contribution in [1.82, 2.24) is 4.90 Å². The minimum Gasteiger partial charge on any atom is -0.497 e. The average molecular weight is 303 g/mol. The second-order valence-corrected chi connectivity index (χ2v) is 6.45. The molecular weight excluding hydrogens is 278 g/mol. The smallest absolute Gasteiger partial charge is 0.227 e. The van der Waals surface area contributed by atoms with Crippen LogP contribution >= 0.6 is 0 Å². The number of methoxy groups -OCH3 is 2. The molecule has 1 saturated heterocycles. The summed E-state index contributed by atoms with van der Waals surface area (Å²) in [6, 6.07) is 7.76. The highest BCUT2D eigenvalue weighted by Gasteiger charge is 2.41. The van der Waals surface area contributed by atoms with Gasteiger partial charge in [-0.25, -0.2) is 0 Å². The van der Waals surface area contributed by atoms with Gasteiger partial charge < -0.3 is 14.4 Å². The normalized spacial score (nSPS) is 27.5. The van der Waals surface area contributed by atoms with E-state index in [1.807, 2.05) is 29.2 Å². The molecule has 0 aromatic heterocycles. The topological polar surface area (TPSA) is 38.8 Å². The number of hydrogen-bond acceptors (Lipinski definition) is 3. The third-order valence-corrected chi connectivity index (χ3v) is 5.20. The Morgan fingerprint density at radius 3 is 2.64 bits per heavy atom. The van der Waals surface area contributed by atoms with Gasteiger partial charge in [0.2, 0.25) is 5.91 Å². The first kappa shape index (κ1) is 15.3. The lowest BCUT2D eigenvalue weighted by atomic mass is 9.79. The van der Waals surface area contributed by atoms with Crippen LogP contribution < -0.4 is 4.74 Å². The molecule has 1 saturated carbocycles. The number of hydrogen-bond donors (Lipinski definition) is 0. The first-order valence-electron chi connectivity index (χ1n) is 8.14. The van der Waals surface area contributed by atoms with E-state index in [4.69, 9.17) is 9.47 Å². The summed E-state index contributed by atoms with van der Waals surface area (Å²) < 4.78 is 10.8. The van der Waals surface area contributed by atoms with Crippen molar-refractivity contribution < 1.29 is 14.3 Å². The van der Waals surface area contributed by atoms with Crippen LogP contribution in [0.15, 0.2) is 24.3 Å². The molecule has 1 aliphatic heterocycles. The van der Waals surface area contributed by atoms with Crippen LogP contribution in [0.3, 0.4) is 0 Å². The molecule has 2 fully saturated rings. The Balaban J connectivity index is 1.61. The number of benzene rings is 1. The highest BCUT2D eigenvalue weighted by atomic mass is 16.5. The molecule has 3 rings (SSSR count). The van der Waals surface area contributed by atoms with E-state index < -0.39 is 0 Å². The minimum absolute atomic E-state index is 0.231. The Hall–Kier alpha value is -1.55. The molecule has 4 heteroatoms. The Morgan fingerprint density at radius 2 is 1.95 bits per heavy atom. The number of rotatable bonds is 4. The SMILES string of the molecule is COc1ccc(CC(=O)N2C[C@H]3CCC[C@@H](OC)[C@H]3C2)cc1. The van der Waals surface area contributed by atoms with Crippen LogP contribution in [0.2, 0.25) is 0 Å². The van der Waals surface area contributed by atoms with E-state index in [1.165, 1.54) is 12.8 Å². The molecule has 4 nitrogen and oxygen atoms in total. The molecule has 1 aromatic rings. The highest BCUT2D eigenvalue weighted by Crippen LogP contribution is 2.37. The predicted molar refractivity (Wildman–Crippen MR) is 84.9 cm³/mol. The fraction of sp³-hybridized carbons (Fsp3) is 0.611. The molecule has 1 amide bonds. The third kappa shape index (κ3) is 3.12. The number of nitrogens with zero attached hydrogens (tertiary/aromatic N) is 1. The Kier molecular flexibility index (Phi) is 4.67. The van der Waals surface area contributed by atoms with Gasteiger partial charge in [0.05, 0.1) is 19.6 Å². The van der Waals surface area contributed by atoms with E-state index in [9.17, 15) is 4.79 Å². The van der Waals surface area contributed by atoms with Crippen molar-refractivity contribution in [1.29, 1.82) is 0 Å². The van der Waals surface area contributed by atoms with E-state index >= 15 is 0 Å². The standard InChI is InChI=1S/C18H25NO3/c1-21-15-8-6-13(7-9-15)10-18(20)19-11-14-4-3-5-17(22-2)16(14)12-19/h6-9,14,16-17H,3-5,10-12H2,1-2H3/t14-,16+,17-/m1/s1. The van der Waals surface area contributed by atoms with Gasteiger partial charge in [-0.15, -0.1) is 0 Å². The van der Waals surface area contributed by atoms with Gasteiger partial charge in [-0.3, -0.25) is 4.79 Å². The minimum atomic E-state index is 0.231. The maximum Gasteiger partial charge on any atom is 0.227 e. The van der Waals surface area contributed by atoms with Crippen LogP contribution in [-0.2, 0) is 16.0 Å². The van der Waals surface area contributed by atoms with Crippen LogP contribution in [0.1, 0.15) is 24.8 Å². The van der Waals surface area contributed by atoms with Crippen molar-refractivity contribution in [3.8, 4) is 5.75 Å². The fourth-order valence-corrected chi connectivity index (χ4v) is 3.94. The Bertz CT molecular complexity index is 514. The summed E-state index contributed by atoms with van der Waals surface area (Å²) in [5, 5.41) is 0. The van der Waals surface area contributed by atoms with Crippen LogP contribution in [0.4, 0.5) is 0 Å². The molecule has 2 aliphatic rings. The van der Waals surface area contributed by atoms with E-state index in [0.717, 1.165) is 30.8 Å². The molecule has 0 radical (unpaired) electrons. The lowest BCUT2D eigenvalue weighted by Crippen LogP contribution is -2.34. The third-order valence-electron chi connectivity index (χ3n) is 5.20. The molecule has 120 valence electrons. The Labute approximate surface area is 132 Å². The maximum absolute atomic E-state index is 12.6. The monoisotopic (exact) mass is 303 g/mol. The van der Waals surface area contributed by atoms with Crippen LogP contribution in [0.5, 0.6) is 5.75 Å². The van der Waals surface area contributed by atoms with Gasteiger partial charge in [0.15, 0.2) is 0 Å². The van der Waals surface area contributed by atoms with Crippen molar-refractivity contribution in [3.05, 3.63) is 29.8 Å². The van der Waals surface area contributed by atoms with E-state index in [0.29, 0.717) is 24.4 Å². The van der Waals surface area contributed by atoms with E-state index in [2.05, 4.69) is 0 Å². The summed E-state index contributed by atoms with van der Waals surface area (Å²) in [5.41, 5.74) is 1.05. The molecule has 0 spiro atoms. The summed E-state index contributed by atoms with van der Waals surface area (Å²) in [7, 11) is 3.45. The second kappa shape index (κ2) is 6.69. The zero-order valence-electron chi connectivity index (χ0n) is 13.5. The van der Waals surface area contributed by atoms with Crippen LogP contribution in [0, 0.1) is 11.8 Å². The van der Waals surface area contributed by atoms with Crippen molar-refractivity contribution in [2.45, 2.75) is 31.8 Å². The molecule has 0 N–H and O–H groups in total. The van der Waals surface area contributed by atoms with Crippen molar-refractivity contribution in [3.63, 3.8) is 0 Å². The largest absolute Gasteiger partial charge is 0.497 e. The molecule has 0 bridgehead atoms. The molecular formula is C18H25NO3. The quantitative estimate of drug-likeness (QED) is 0.858. The number of fused-ring (bicyclic) bond motifs is 1. The fourth-order valence-electron chi connectivity index (χ4n) is 3.94. The van der Waals surface area contributed by atoms with Crippen LogP contribution in [-0.4, -0.2) is 44.2 Å². The zero-order valence-corrected chi connectivity index (χ0v) is 13.5. The highest BCUT2D eigenvalue weighted by molar-refractivity contribution is 5.79. The molecule has 1 heterocycles. The van der Waals surface area contributed by atoms with Crippen molar-refractivity contribution in [2.75, 3.05) is 27.3 Å². The first-order chi connectivity index (χ1) is 10.7. The molecule has 3 atom stereocenters. The molecule has 1 aliphatic carbocycles. The van der Waals surface area contributed by atoms with Crippen molar-refractivity contribution in [2.24, 2.45) is 11.8 Å².